The Morgan fingerprint density at radius 3 is 3.00 bits per heavy atom. The van der Waals surface area contributed by atoms with Crippen LogP contribution in [0.15, 0.2) is 29.0 Å². The quantitative estimate of drug-likeness (QED) is 0.861. The first-order chi connectivity index (χ1) is 7.74. The summed E-state index contributed by atoms with van der Waals surface area (Å²) in [5.41, 5.74) is 0. The molecule has 86 valence electrons. The Hall–Kier alpha value is -0.650. The highest BCUT2D eigenvalue weighted by atomic mass is 79.9. The van der Waals surface area contributed by atoms with Crippen LogP contribution >= 0.6 is 27.3 Å². The summed E-state index contributed by atoms with van der Waals surface area (Å²) in [6.45, 7) is 4.91. The zero-order valence-corrected chi connectivity index (χ0v) is 11.5. The maximum Gasteiger partial charge on any atom is 0.0632 e. The first-order valence-corrected chi connectivity index (χ1v) is 6.79. The molecule has 0 amide bonds. The number of aryl methyl sites for hydroxylation is 1. The molecule has 0 aliphatic rings. The van der Waals surface area contributed by atoms with Gasteiger partial charge >= 0.3 is 0 Å². The molecule has 2 aromatic heterocycles. The Kier molecular flexibility index (Phi) is 4.15. The SMILES string of the molecule is Cc1ccc(CNCCn2cc(Br)cn2)s1. The van der Waals surface area contributed by atoms with Crippen LogP contribution in [-0.2, 0) is 13.1 Å². The van der Waals surface area contributed by atoms with Gasteiger partial charge in [0.25, 0.3) is 0 Å². The molecule has 2 aromatic rings. The van der Waals surface area contributed by atoms with Crippen LogP contribution in [0.3, 0.4) is 0 Å². The first-order valence-electron chi connectivity index (χ1n) is 5.18. The molecule has 1 N–H and O–H groups in total. The van der Waals surface area contributed by atoms with Gasteiger partial charge in [0.1, 0.15) is 0 Å². The molecule has 0 saturated carbocycles. The molecular weight excluding hydrogens is 286 g/mol. The van der Waals surface area contributed by atoms with Crippen molar-refractivity contribution in [2.75, 3.05) is 6.54 Å². The van der Waals surface area contributed by atoms with Gasteiger partial charge in [0, 0.05) is 29.0 Å². The molecule has 0 unspecified atom stereocenters. The van der Waals surface area contributed by atoms with E-state index in [1.807, 2.05) is 28.4 Å². The van der Waals surface area contributed by atoms with Crippen LogP contribution in [0.5, 0.6) is 0 Å². The zero-order chi connectivity index (χ0) is 11.4. The van der Waals surface area contributed by atoms with Gasteiger partial charge in [0.2, 0.25) is 0 Å². The second kappa shape index (κ2) is 5.61. The van der Waals surface area contributed by atoms with Gasteiger partial charge < -0.3 is 5.32 Å². The Balaban J connectivity index is 1.69. The van der Waals surface area contributed by atoms with Crippen LogP contribution in [0.2, 0.25) is 0 Å². The third kappa shape index (κ3) is 3.43. The summed E-state index contributed by atoms with van der Waals surface area (Å²) in [5, 5.41) is 7.60. The monoisotopic (exact) mass is 299 g/mol. The van der Waals surface area contributed by atoms with Crippen molar-refractivity contribution in [1.29, 1.82) is 0 Å². The number of nitrogens with zero attached hydrogens (tertiary/aromatic N) is 2. The molecule has 16 heavy (non-hydrogen) atoms. The lowest BCUT2D eigenvalue weighted by Crippen LogP contribution is -2.19. The maximum atomic E-state index is 4.20. The van der Waals surface area contributed by atoms with Gasteiger partial charge in [-0.05, 0) is 35.0 Å². The van der Waals surface area contributed by atoms with Crippen LogP contribution in [0.4, 0.5) is 0 Å². The lowest BCUT2D eigenvalue weighted by molar-refractivity contribution is 0.556. The van der Waals surface area contributed by atoms with Gasteiger partial charge in [-0.3, -0.25) is 4.68 Å². The van der Waals surface area contributed by atoms with Crippen molar-refractivity contribution in [3.8, 4) is 0 Å². The zero-order valence-electron chi connectivity index (χ0n) is 9.11. The topological polar surface area (TPSA) is 29.9 Å². The number of halogens is 1. The van der Waals surface area contributed by atoms with E-state index in [0.717, 1.165) is 24.1 Å². The summed E-state index contributed by atoms with van der Waals surface area (Å²) in [7, 11) is 0. The standard InChI is InChI=1S/C11H14BrN3S/c1-9-2-3-11(16-9)7-13-4-5-15-8-10(12)6-14-15/h2-3,6,8,13H,4-5,7H2,1H3. The second-order valence-electron chi connectivity index (χ2n) is 3.61. The predicted molar refractivity (Wildman–Crippen MR) is 70.7 cm³/mol. The van der Waals surface area contributed by atoms with Gasteiger partial charge in [0.15, 0.2) is 0 Å². The Bertz CT molecular complexity index is 407. The number of rotatable bonds is 5. The van der Waals surface area contributed by atoms with Crippen molar-refractivity contribution < 1.29 is 0 Å². The van der Waals surface area contributed by atoms with Crippen molar-refractivity contribution in [3.05, 3.63) is 38.8 Å². The predicted octanol–water partition coefficient (Wildman–Crippen LogP) is 2.81. The summed E-state index contributed by atoms with van der Waals surface area (Å²) in [6.07, 6.45) is 3.79. The number of nitrogens with one attached hydrogen (secondary N) is 1. The van der Waals surface area contributed by atoms with E-state index in [2.05, 4.69) is 45.4 Å². The minimum atomic E-state index is 0.899. The van der Waals surface area contributed by atoms with Crippen molar-refractivity contribution in [1.82, 2.24) is 15.1 Å². The lowest BCUT2D eigenvalue weighted by Gasteiger charge is -2.03. The van der Waals surface area contributed by atoms with E-state index < -0.39 is 0 Å². The third-order valence-electron chi connectivity index (χ3n) is 2.21. The third-order valence-corrected chi connectivity index (χ3v) is 3.62. The molecule has 0 spiro atoms. The molecule has 0 radical (unpaired) electrons. The highest BCUT2D eigenvalue weighted by molar-refractivity contribution is 9.10. The van der Waals surface area contributed by atoms with E-state index in [1.54, 1.807) is 0 Å². The molecule has 0 aliphatic carbocycles. The van der Waals surface area contributed by atoms with Gasteiger partial charge in [-0.25, -0.2) is 0 Å². The molecule has 0 atom stereocenters. The normalized spacial score (nSPS) is 10.9. The number of hydrogen-bond acceptors (Lipinski definition) is 3. The summed E-state index contributed by atoms with van der Waals surface area (Å²) >= 11 is 5.22. The fourth-order valence-electron chi connectivity index (χ4n) is 1.45. The molecule has 0 fully saturated rings. The van der Waals surface area contributed by atoms with Crippen LogP contribution < -0.4 is 5.32 Å². The van der Waals surface area contributed by atoms with Crippen molar-refractivity contribution in [3.63, 3.8) is 0 Å². The minimum absolute atomic E-state index is 0.899. The molecule has 0 aliphatic heterocycles. The van der Waals surface area contributed by atoms with E-state index >= 15 is 0 Å². The summed E-state index contributed by atoms with van der Waals surface area (Å²) in [5.74, 6) is 0. The van der Waals surface area contributed by atoms with Crippen molar-refractivity contribution >= 4 is 27.3 Å². The fourth-order valence-corrected chi connectivity index (χ4v) is 2.63. The number of thiophene rings is 1. The Morgan fingerprint density at radius 2 is 2.38 bits per heavy atom. The second-order valence-corrected chi connectivity index (χ2v) is 5.90. The highest BCUT2D eigenvalue weighted by Gasteiger charge is 1.97. The minimum Gasteiger partial charge on any atom is -0.310 e. The summed E-state index contributed by atoms with van der Waals surface area (Å²) < 4.78 is 2.96. The van der Waals surface area contributed by atoms with Gasteiger partial charge in [-0.15, -0.1) is 11.3 Å². The summed E-state index contributed by atoms with van der Waals surface area (Å²) in [4.78, 5) is 2.76. The molecule has 0 aromatic carbocycles. The number of hydrogen-bond donors (Lipinski definition) is 1. The lowest BCUT2D eigenvalue weighted by atomic mass is 10.4. The number of aromatic nitrogens is 2. The van der Waals surface area contributed by atoms with Gasteiger partial charge in [-0.2, -0.15) is 5.10 Å². The van der Waals surface area contributed by atoms with Crippen LogP contribution in [0.25, 0.3) is 0 Å². The first kappa shape index (κ1) is 11.8. The Morgan fingerprint density at radius 1 is 1.50 bits per heavy atom. The molecule has 2 heterocycles. The van der Waals surface area contributed by atoms with E-state index in [4.69, 9.17) is 0 Å². The maximum absolute atomic E-state index is 4.20. The highest BCUT2D eigenvalue weighted by Crippen LogP contribution is 2.14. The average molecular weight is 300 g/mol. The molecular formula is C11H14BrN3S. The molecule has 0 bridgehead atoms. The smallest absolute Gasteiger partial charge is 0.0632 e. The van der Waals surface area contributed by atoms with E-state index in [9.17, 15) is 0 Å². The van der Waals surface area contributed by atoms with E-state index in [0.29, 0.717) is 0 Å². The molecule has 2 rings (SSSR count). The van der Waals surface area contributed by atoms with Crippen molar-refractivity contribution in [2.45, 2.75) is 20.0 Å². The van der Waals surface area contributed by atoms with Gasteiger partial charge in [-0.1, -0.05) is 0 Å². The fraction of sp³-hybridized carbons (Fsp3) is 0.364. The summed E-state index contributed by atoms with van der Waals surface area (Å²) in [6, 6.07) is 4.34. The molecule has 5 heteroatoms. The van der Waals surface area contributed by atoms with E-state index in [1.165, 1.54) is 9.75 Å². The largest absolute Gasteiger partial charge is 0.310 e. The van der Waals surface area contributed by atoms with Crippen LogP contribution in [0, 0.1) is 6.92 Å². The van der Waals surface area contributed by atoms with Crippen molar-refractivity contribution in [2.24, 2.45) is 0 Å². The van der Waals surface area contributed by atoms with E-state index in [-0.39, 0.29) is 0 Å². The Labute approximate surface area is 108 Å². The van der Waals surface area contributed by atoms with Crippen LogP contribution in [-0.4, -0.2) is 16.3 Å². The average Bonchev–Trinajstić information content (AvgIpc) is 2.83. The molecule has 3 nitrogen and oxygen atoms in total. The molecule has 0 saturated heterocycles. The van der Waals surface area contributed by atoms with Crippen LogP contribution in [0.1, 0.15) is 9.75 Å². The van der Waals surface area contributed by atoms with Gasteiger partial charge in [0.05, 0.1) is 17.2 Å².